The van der Waals surface area contributed by atoms with E-state index in [4.69, 9.17) is 9.47 Å². The van der Waals surface area contributed by atoms with Crippen LogP contribution in [0.1, 0.15) is 6.42 Å². The maximum atomic E-state index is 5.54. The van der Waals surface area contributed by atoms with Gasteiger partial charge in [-0.15, -0.1) is 0 Å². The number of hydrogen-bond donors (Lipinski definition) is 1. The fourth-order valence-corrected chi connectivity index (χ4v) is 2.83. The molecule has 2 atom stereocenters. The van der Waals surface area contributed by atoms with Gasteiger partial charge in [0.2, 0.25) is 0 Å². The molecule has 0 bridgehead atoms. The van der Waals surface area contributed by atoms with Gasteiger partial charge in [-0.1, -0.05) is 0 Å². The van der Waals surface area contributed by atoms with E-state index >= 15 is 0 Å². The summed E-state index contributed by atoms with van der Waals surface area (Å²) < 4.78 is 10.9. The summed E-state index contributed by atoms with van der Waals surface area (Å²) in [7, 11) is 0. The van der Waals surface area contributed by atoms with Crippen molar-refractivity contribution in [2.45, 2.75) is 18.6 Å². The molecule has 0 aromatic rings. The molecule has 1 N–H and O–H groups in total. The highest BCUT2D eigenvalue weighted by Gasteiger charge is 2.18. The summed E-state index contributed by atoms with van der Waals surface area (Å²) >= 11 is 2.03. The van der Waals surface area contributed by atoms with Crippen LogP contribution in [-0.2, 0) is 9.47 Å². The van der Waals surface area contributed by atoms with E-state index in [9.17, 15) is 0 Å². The highest BCUT2D eigenvalue weighted by Crippen LogP contribution is 2.17. The van der Waals surface area contributed by atoms with E-state index in [0.717, 1.165) is 26.4 Å². The maximum Gasteiger partial charge on any atom is 0.0933 e. The molecule has 0 saturated carbocycles. The zero-order valence-electron chi connectivity index (χ0n) is 7.83. The quantitative estimate of drug-likeness (QED) is 0.723. The lowest BCUT2D eigenvalue weighted by Crippen LogP contribution is -2.41. The lowest BCUT2D eigenvalue weighted by atomic mass is 10.2. The molecular formula is C9H17NO2S. The first-order valence-corrected chi connectivity index (χ1v) is 6.11. The Morgan fingerprint density at radius 3 is 3.08 bits per heavy atom. The van der Waals surface area contributed by atoms with E-state index in [1.165, 1.54) is 17.9 Å². The molecule has 2 unspecified atom stereocenters. The van der Waals surface area contributed by atoms with Gasteiger partial charge in [-0.2, -0.15) is 11.8 Å². The number of ether oxygens (including phenoxy) is 2. The molecule has 2 aliphatic heterocycles. The van der Waals surface area contributed by atoms with Gasteiger partial charge in [0.05, 0.1) is 25.9 Å². The summed E-state index contributed by atoms with van der Waals surface area (Å²) in [4.78, 5) is 0. The third kappa shape index (κ3) is 3.13. The van der Waals surface area contributed by atoms with Crippen molar-refractivity contribution in [3.8, 4) is 0 Å². The summed E-state index contributed by atoms with van der Waals surface area (Å²) in [6.07, 6.45) is 1.58. The number of thioether (sulfide) groups is 1. The Morgan fingerprint density at radius 1 is 1.38 bits per heavy atom. The van der Waals surface area contributed by atoms with E-state index in [0.29, 0.717) is 6.04 Å². The fraction of sp³-hybridized carbons (Fsp3) is 1.00. The van der Waals surface area contributed by atoms with Crippen molar-refractivity contribution < 1.29 is 9.47 Å². The van der Waals surface area contributed by atoms with Crippen LogP contribution in [0, 0.1) is 0 Å². The second kappa shape index (κ2) is 5.20. The minimum absolute atomic E-state index is 0.277. The summed E-state index contributed by atoms with van der Waals surface area (Å²) in [5, 5.41) is 3.53. The van der Waals surface area contributed by atoms with Crippen LogP contribution in [-0.4, -0.2) is 50.0 Å². The van der Waals surface area contributed by atoms with Gasteiger partial charge in [0.1, 0.15) is 0 Å². The zero-order chi connectivity index (χ0) is 8.93. The lowest BCUT2D eigenvalue weighted by molar-refractivity contribution is -0.0868. The van der Waals surface area contributed by atoms with Crippen molar-refractivity contribution in [1.29, 1.82) is 0 Å². The van der Waals surface area contributed by atoms with Gasteiger partial charge < -0.3 is 14.8 Å². The van der Waals surface area contributed by atoms with Crippen LogP contribution in [0.3, 0.4) is 0 Å². The largest absolute Gasteiger partial charge is 0.376 e. The molecule has 0 aromatic carbocycles. The molecule has 2 aliphatic rings. The second-order valence-electron chi connectivity index (χ2n) is 3.54. The van der Waals surface area contributed by atoms with Crippen molar-refractivity contribution >= 4 is 11.8 Å². The molecule has 3 nitrogen and oxygen atoms in total. The van der Waals surface area contributed by atoms with E-state index in [2.05, 4.69) is 5.32 Å². The van der Waals surface area contributed by atoms with E-state index in [1.54, 1.807) is 0 Å². The Labute approximate surface area is 83.5 Å². The van der Waals surface area contributed by atoms with Gasteiger partial charge in [0.15, 0.2) is 0 Å². The molecule has 13 heavy (non-hydrogen) atoms. The van der Waals surface area contributed by atoms with Gasteiger partial charge >= 0.3 is 0 Å². The van der Waals surface area contributed by atoms with Gasteiger partial charge in [-0.25, -0.2) is 0 Å². The van der Waals surface area contributed by atoms with Crippen molar-refractivity contribution in [2.24, 2.45) is 0 Å². The molecule has 0 aromatic heterocycles. The predicted octanol–water partition coefficient (Wildman–Crippen LogP) is 0.497. The smallest absolute Gasteiger partial charge is 0.0933 e. The third-order valence-corrected chi connectivity index (χ3v) is 3.61. The van der Waals surface area contributed by atoms with Crippen LogP contribution in [0.25, 0.3) is 0 Å². The standard InChI is InChI=1S/C9H17NO2S/c1-4-13-7-8(1)10-5-9-6-11-2-3-12-9/h8-10H,1-7H2. The van der Waals surface area contributed by atoms with Crippen LogP contribution in [0.4, 0.5) is 0 Å². The summed E-state index contributed by atoms with van der Waals surface area (Å²) in [6, 6.07) is 0.704. The molecule has 0 spiro atoms. The second-order valence-corrected chi connectivity index (χ2v) is 4.69. The number of hydrogen-bond acceptors (Lipinski definition) is 4. The number of rotatable bonds is 3. The first kappa shape index (κ1) is 9.77. The molecule has 2 rings (SSSR count). The molecular weight excluding hydrogens is 186 g/mol. The van der Waals surface area contributed by atoms with Crippen LogP contribution in [0.15, 0.2) is 0 Å². The minimum atomic E-state index is 0.277. The topological polar surface area (TPSA) is 30.5 Å². The average molecular weight is 203 g/mol. The van der Waals surface area contributed by atoms with E-state index in [-0.39, 0.29) is 6.10 Å². The van der Waals surface area contributed by atoms with E-state index in [1.807, 2.05) is 11.8 Å². The average Bonchev–Trinajstić information content (AvgIpc) is 2.69. The Hall–Kier alpha value is 0.230. The van der Waals surface area contributed by atoms with Crippen LogP contribution in [0.2, 0.25) is 0 Å². The van der Waals surface area contributed by atoms with Crippen LogP contribution < -0.4 is 5.32 Å². The highest BCUT2D eigenvalue weighted by molar-refractivity contribution is 7.99. The molecule has 2 saturated heterocycles. The van der Waals surface area contributed by atoms with Crippen molar-refractivity contribution in [1.82, 2.24) is 5.32 Å². The molecule has 2 fully saturated rings. The van der Waals surface area contributed by atoms with Crippen molar-refractivity contribution in [3.05, 3.63) is 0 Å². The first-order valence-electron chi connectivity index (χ1n) is 4.95. The number of nitrogens with one attached hydrogen (secondary N) is 1. The van der Waals surface area contributed by atoms with Crippen molar-refractivity contribution in [2.75, 3.05) is 37.9 Å². The van der Waals surface area contributed by atoms with Gasteiger partial charge in [0, 0.05) is 18.3 Å². The summed E-state index contributed by atoms with van der Waals surface area (Å²) in [5.74, 6) is 2.56. The predicted molar refractivity (Wildman–Crippen MR) is 54.3 cm³/mol. The SMILES string of the molecule is C1COC(CNC2CCSC2)CO1. The lowest BCUT2D eigenvalue weighted by Gasteiger charge is -2.24. The Kier molecular flexibility index (Phi) is 3.91. The Balaban J connectivity index is 1.60. The minimum Gasteiger partial charge on any atom is -0.376 e. The van der Waals surface area contributed by atoms with E-state index < -0.39 is 0 Å². The van der Waals surface area contributed by atoms with Gasteiger partial charge in [0.25, 0.3) is 0 Å². The summed E-state index contributed by atoms with van der Waals surface area (Å²) in [5.41, 5.74) is 0. The molecule has 0 radical (unpaired) electrons. The summed E-state index contributed by atoms with van der Waals surface area (Å²) in [6.45, 7) is 3.22. The fourth-order valence-electron chi connectivity index (χ4n) is 1.65. The molecule has 2 heterocycles. The Bertz CT molecular complexity index is 145. The van der Waals surface area contributed by atoms with Crippen LogP contribution >= 0.6 is 11.8 Å². The van der Waals surface area contributed by atoms with Gasteiger partial charge in [-0.05, 0) is 12.2 Å². The third-order valence-electron chi connectivity index (χ3n) is 2.45. The highest BCUT2D eigenvalue weighted by atomic mass is 32.2. The van der Waals surface area contributed by atoms with Crippen molar-refractivity contribution in [3.63, 3.8) is 0 Å². The molecule has 0 aliphatic carbocycles. The van der Waals surface area contributed by atoms with Crippen LogP contribution in [0.5, 0.6) is 0 Å². The molecule has 76 valence electrons. The molecule has 0 amide bonds. The first-order chi connectivity index (χ1) is 6.45. The monoisotopic (exact) mass is 203 g/mol. The zero-order valence-corrected chi connectivity index (χ0v) is 8.65. The normalized spacial score (nSPS) is 35.1. The maximum absolute atomic E-state index is 5.54. The molecule has 4 heteroatoms. The van der Waals surface area contributed by atoms with Gasteiger partial charge in [-0.3, -0.25) is 0 Å². The Morgan fingerprint density at radius 2 is 2.38 bits per heavy atom.